The Labute approximate surface area is 129 Å². The van der Waals surface area contributed by atoms with Crippen molar-refractivity contribution in [3.63, 3.8) is 0 Å². The topological polar surface area (TPSA) is 40.5 Å². The summed E-state index contributed by atoms with van der Waals surface area (Å²) >= 11 is 6.02. The minimum absolute atomic E-state index is 0.144. The van der Waals surface area contributed by atoms with Crippen molar-refractivity contribution in [1.82, 2.24) is 4.90 Å². The lowest BCUT2D eigenvalue weighted by Crippen LogP contribution is -2.23. The van der Waals surface area contributed by atoms with Crippen molar-refractivity contribution in [3.05, 3.63) is 70.2 Å². The summed E-state index contributed by atoms with van der Waals surface area (Å²) in [6, 6.07) is 15.0. The molecule has 0 aliphatic rings. The fraction of sp³-hybridized carbons (Fsp3) is 0.235. The van der Waals surface area contributed by atoms with Gasteiger partial charge in [-0.2, -0.15) is 0 Å². The Hall–Kier alpha value is -1.84. The molecule has 1 unspecified atom stereocenters. The molecule has 2 aromatic carbocycles. The van der Waals surface area contributed by atoms with E-state index in [9.17, 15) is 9.90 Å². The van der Waals surface area contributed by atoms with Gasteiger partial charge < -0.3 is 5.11 Å². The fourth-order valence-corrected chi connectivity index (χ4v) is 2.49. The maximum Gasteiger partial charge on any atom is 0.336 e. The molecule has 0 spiro atoms. The predicted octanol–water partition coefficient (Wildman–Crippen LogP) is 4.23. The van der Waals surface area contributed by atoms with E-state index in [1.807, 2.05) is 43.4 Å². The summed E-state index contributed by atoms with van der Waals surface area (Å²) in [6.07, 6.45) is 0. The molecule has 0 aromatic heterocycles. The van der Waals surface area contributed by atoms with E-state index in [0.29, 0.717) is 17.1 Å². The Morgan fingerprint density at radius 2 is 1.95 bits per heavy atom. The van der Waals surface area contributed by atoms with Crippen LogP contribution in [0.1, 0.15) is 34.5 Å². The van der Waals surface area contributed by atoms with Crippen molar-refractivity contribution >= 4 is 17.6 Å². The summed E-state index contributed by atoms with van der Waals surface area (Å²) in [7, 11) is 1.98. The summed E-state index contributed by atoms with van der Waals surface area (Å²) in [4.78, 5) is 13.4. The van der Waals surface area contributed by atoms with Gasteiger partial charge in [-0.3, -0.25) is 4.90 Å². The molecule has 0 aliphatic carbocycles. The molecule has 0 heterocycles. The van der Waals surface area contributed by atoms with Gasteiger partial charge in [-0.05, 0) is 43.3 Å². The Morgan fingerprint density at radius 3 is 2.62 bits per heavy atom. The zero-order valence-corrected chi connectivity index (χ0v) is 12.8. The normalized spacial score (nSPS) is 12.4. The van der Waals surface area contributed by atoms with E-state index < -0.39 is 5.97 Å². The summed E-state index contributed by atoms with van der Waals surface area (Å²) in [6.45, 7) is 2.64. The molecule has 0 aliphatic heterocycles. The maximum atomic E-state index is 11.3. The van der Waals surface area contributed by atoms with Crippen molar-refractivity contribution in [2.45, 2.75) is 19.5 Å². The van der Waals surface area contributed by atoms with Gasteiger partial charge in [0.25, 0.3) is 0 Å². The average molecular weight is 304 g/mol. The van der Waals surface area contributed by atoms with Gasteiger partial charge in [0, 0.05) is 17.6 Å². The zero-order chi connectivity index (χ0) is 15.4. The van der Waals surface area contributed by atoms with Gasteiger partial charge in [0.05, 0.1) is 5.56 Å². The Kier molecular flexibility index (Phi) is 4.99. The second-order valence-corrected chi connectivity index (χ2v) is 5.54. The van der Waals surface area contributed by atoms with Crippen LogP contribution in [0, 0.1) is 0 Å². The van der Waals surface area contributed by atoms with Crippen LogP contribution < -0.4 is 0 Å². The van der Waals surface area contributed by atoms with Crippen LogP contribution in [0.25, 0.3) is 0 Å². The molecule has 21 heavy (non-hydrogen) atoms. The minimum Gasteiger partial charge on any atom is -0.478 e. The zero-order valence-electron chi connectivity index (χ0n) is 12.1. The van der Waals surface area contributed by atoms with Crippen LogP contribution in [-0.2, 0) is 6.54 Å². The fourth-order valence-electron chi connectivity index (χ4n) is 2.29. The van der Waals surface area contributed by atoms with Gasteiger partial charge in [-0.15, -0.1) is 0 Å². The summed E-state index contributed by atoms with van der Waals surface area (Å²) in [5, 5.41) is 9.94. The van der Waals surface area contributed by atoms with Gasteiger partial charge in [0.2, 0.25) is 0 Å². The Morgan fingerprint density at radius 1 is 1.24 bits per heavy atom. The molecular weight excluding hydrogens is 286 g/mol. The van der Waals surface area contributed by atoms with Crippen molar-refractivity contribution in [1.29, 1.82) is 0 Å². The van der Waals surface area contributed by atoms with E-state index >= 15 is 0 Å². The number of carboxylic acids is 1. The van der Waals surface area contributed by atoms with E-state index in [2.05, 4.69) is 11.8 Å². The van der Waals surface area contributed by atoms with Gasteiger partial charge in [0.15, 0.2) is 0 Å². The van der Waals surface area contributed by atoms with Gasteiger partial charge in [-0.1, -0.05) is 41.9 Å². The van der Waals surface area contributed by atoms with E-state index in [0.717, 1.165) is 11.1 Å². The van der Waals surface area contributed by atoms with Crippen molar-refractivity contribution in [2.75, 3.05) is 7.05 Å². The smallest absolute Gasteiger partial charge is 0.336 e. The van der Waals surface area contributed by atoms with Crippen LogP contribution in [0.4, 0.5) is 0 Å². The molecule has 4 heteroatoms. The number of hydrogen-bond donors (Lipinski definition) is 1. The number of hydrogen-bond acceptors (Lipinski definition) is 2. The van der Waals surface area contributed by atoms with Crippen LogP contribution in [0.5, 0.6) is 0 Å². The number of nitrogens with zero attached hydrogens (tertiary/aromatic N) is 1. The minimum atomic E-state index is -0.894. The molecule has 3 nitrogen and oxygen atoms in total. The summed E-state index contributed by atoms with van der Waals surface area (Å²) in [5.41, 5.74) is 2.27. The van der Waals surface area contributed by atoms with Crippen LogP contribution in [-0.4, -0.2) is 23.0 Å². The molecule has 0 amide bonds. The van der Waals surface area contributed by atoms with Gasteiger partial charge in [0.1, 0.15) is 0 Å². The second kappa shape index (κ2) is 6.74. The third kappa shape index (κ3) is 3.84. The number of aromatic carboxylic acids is 1. The highest BCUT2D eigenvalue weighted by molar-refractivity contribution is 6.30. The first kappa shape index (κ1) is 15.5. The lowest BCUT2D eigenvalue weighted by molar-refractivity contribution is 0.0694. The Bertz CT molecular complexity index is 642. The largest absolute Gasteiger partial charge is 0.478 e. The van der Waals surface area contributed by atoms with Crippen molar-refractivity contribution in [3.8, 4) is 0 Å². The molecule has 1 atom stereocenters. The summed E-state index contributed by atoms with van der Waals surface area (Å²) < 4.78 is 0. The summed E-state index contributed by atoms with van der Waals surface area (Å²) in [5.74, 6) is -0.894. The first-order valence-electron chi connectivity index (χ1n) is 6.76. The molecule has 110 valence electrons. The molecule has 0 radical (unpaired) electrons. The lowest BCUT2D eigenvalue weighted by atomic mass is 10.0. The SMILES string of the molecule is CC(c1cccc(Cl)c1)N(C)Cc1ccccc1C(=O)O. The molecule has 0 saturated carbocycles. The second-order valence-electron chi connectivity index (χ2n) is 5.11. The first-order chi connectivity index (χ1) is 9.99. The highest BCUT2D eigenvalue weighted by Gasteiger charge is 2.15. The monoisotopic (exact) mass is 303 g/mol. The van der Waals surface area contributed by atoms with E-state index in [4.69, 9.17) is 11.6 Å². The molecule has 0 bridgehead atoms. The number of carbonyl (C=O) groups is 1. The molecule has 1 N–H and O–H groups in total. The predicted molar refractivity (Wildman–Crippen MR) is 84.7 cm³/mol. The lowest BCUT2D eigenvalue weighted by Gasteiger charge is -2.26. The van der Waals surface area contributed by atoms with Gasteiger partial charge in [-0.25, -0.2) is 4.79 Å². The number of rotatable bonds is 5. The maximum absolute atomic E-state index is 11.3. The first-order valence-corrected chi connectivity index (χ1v) is 7.13. The quantitative estimate of drug-likeness (QED) is 0.898. The Balaban J connectivity index is 2.18. The third-order valence-corrected chi connectivity index (χ3v) is 3.89. The van der Waals surface area contributed by atoms with Crippen LogP contribution in [0.15, 0.2) is 48.5 Å². The number of benzene rings is 2. The third-order valence-electron chi connectivity index (χ3n) is 3.66. The molecule has 0 fully saturated rings. The van der Waals surface area contributed by atoms with E-state index in [1.165, 1.54) is 0 Å². The van der Waals surface area contributed by atoms with Gasteiger partial charge >= 0.3 is 5.97 Å². The van der Waals surface area contributed by atoms with Crippen LogP contribution in [0.3, 0.4) is 0 Å². The number of carboxylic acid groups (broad SMARTS) is 1. The van der Waals surface area contributed by atoms with Crippen LogP contribution >= 0.6 is 11.6 Å². The standard InChI is InChI=1S/C17H18ClNO2/c1-12(13-7-5-8-15(18)10-13)19(2)11-14-6-3-4-9-16(14)17(20)21/h3-10,12H,11H2,1-2H3,(H,20,21). The van der Waals surface area contributed by atoms with Crippen LogP contribution in [0.2, 0.25) is 5.02 Å². The van der Waals surface area contributed by atoms with Crippen molar-refractivity contribution < 1.29 is 9.90 Å². The molecule has 2 rings (SSSR count). The van der Waals surface area contributed by atoms with Crippen molar-refractivity contribution in [2.24, 2.45) is 0 Å². The molecular formula is C17H18ClNO2. The molecule has 2 aromatic rings. The number of halogens is 1. The highest BCUT2D eigenvalue weighted by Crippen LogP contribution is 2.24. The van der Waals surface area contributed by atoms with E-state index in [-0.39, 0.29) is 6.04 Å². The van der Waals surface area contributed by atoms with E-state index in [1.54, 1.807) is 12.1 Å². The molecule has 0 saturated heterocycles. The average Bonchev–Trinajstić information content (AvgIpc) is 2.46. The highest BCUT2D eigenvalue weighted by atomic mass is 35.5.